The second kappa shape index (κ2) is 5.11. The molecule has 0 radical (unpaired) electrons. The predicted octanol–water partition coefficient (Wildman–Crippen LogP) is 1.92. The van der Waals surface area contributed by atoms with E-state index in [2.05, 4.69) is 35.1 Å². The van der Waals surface area contributed by atoms with Crippen LogP contribution in [0.2, 0.25) is 0 Å². The van der Waals surface area contributed by atoms with E-state index < -0.39 is 0 Å². The molecule has 0 saturated carbocycles. The van der Waals surface area contributed by atoms with Crippen molar-refractivity contribution in [2.75, 3.05) is 0 Å². The van der Waals surface area contributed by atoms with Gasteiger partial charge in [-0.05, 0) is 31.5 Å². The topological polar surface area (TPSA) is 60.7 Å². The molecule has 0 fully saturated rings. The molecule has 2 aromatic rings. The minimum absolute atomic E-state index is 0.177. The lowest BCUT2D eigenvalue weighted by molar-refractivity contribution is 0.486. The van der Waals surface area contributed by atoms with Gasteiger partial charge < -0.3 is 15.3 Å². The van der Waals surface area contributed by atoms with Gasteiger partial charge in [0.15, 0.2) is 0 Å². The highest BCUT2D eigenvalue weighted by Crippen LogP contribution is 2.17. The number of H-pyrrole nitrogens is 2. The van der Waals surface area contributed by atoms with Gasteiger partial charge in [0.05, 0.1) is 11.0 Å². The largest absolute Gasteiger partial charge is 0.323 e. The summed E-state index contributed by atoms with van der Waals surface area (Å²) in [6.07, 6.45) is 5.99. The summed E-state index contributed by atoms with van der Waals surface area (Å²) in [7, 11) is 0. The molecular weight excluding hydrogens is 226 g/mol. The number of benzene rings is 1. The lowest BCUT2D eigenvalue weighted by Crippen LogP contribution is -2.28. The Balaban J connectivity index is 2.20. The zero-order valence-electron chi connectivity index (χ0n) is 10.6. The maximum atomic E-state index is 11.2. The first-order valence-electron chi connectivity index (χ1n) is 6.01. The van der Waals surface area contributed by atoms with E-state index in [1.165, 1.54) is 0 Å². The Morgan fingerprint density at radius 1 is 1.33 bits per heavy atom. The summed E-state index contributed by atoms with van der Waals surface area (Å²) in [5.74, 6) is 2.64. The van der Waals surface area contributed by atoms with Crippen molar-refractivity contribution in [1.29, 1.82) is 0 Å². The lowest BCUT2D eigenvalue weighted by atomic mass is 10.1. The molecule has 2 atom stereocenters. The molecule has 0 bridgehead atoms. The fraction of sp³-hybridized carbons (Fsp3) is 0.357. The van der Waals surface area contributed by atoms with E-state index in [0.717, 1.165) is 16.6 Å². The van der Waals surface area contributed by atoms with Gasteiger partial charge in [-0.3, -0.25) is 0 Å². The van der Waals surface area contributed by atoms with Crippen molar-refractivity contribution in [1.82, 2.24) is 15.3 Å². The molecule has 2 rings (SSSR count). The molecule has 2 unspecified atom stereocenters. The summed E-state index contributed by atoms with van der Waals surface area (Å²) in [5.41, 5.74) is 2.61. The number of hydrogen-bond donors (Lipinski definition) is 3. The van der Waals surface area contributed by atoms with Crippen LogP contribution in [0.4, 0.5) is 0 Å². The first kappa shape index (κ1) is 12.5. The van der Waals surface area contributed by atoms with Gasteiger partial charge in [-0.1, -0.05) is 6.07 Å². The van der Waals surface area contributed by atoms with E-state index in [1.807, 2.05) is 18.2 Å². The number of aromatic amines is 2. The van der Waals surface area contributed by atoms with Crippen molar-refractivity contribution in [3.8, 4) is 12.3 Å². The SMILES string of the molecule is C#CCC(C)NC(C)c1ccc2[nH]c(=O)[nH]c2c1. The van der Waals surface area contributed by atoms with Crippen LogP contribution in [-0.4, -0.2) is 16.0 Å². The van der Waals surface area contributed by atoms with Gasteiger partial charge >= 0.3 is 5.69 Å². The maximum absolute atomic E-state index is 11.2. The summed E-state index contributed by atoms with van der Waals surface area (Å²) in [4.78, 5) is 16.7. The number of nitrogens with one attached hydrogen (secondary N) is 3. The average molecular weight is 243 g/mol. The van der Waals surface area contributed by atoms with Crippen molar-refractivity contribution >= 4 is 11.0 Å². The van der Waals surface area contributed by atoms with E-state index in [4.69, 9.17) is 6.42 Å². The van der Waals surface area contributed by atoms with Crippen molar-refractivity contribution in [2.45, 2.75) is 32.4 Å². The third-order valence-electron chi connectivity index (χ3n) is 3.00. The quantitative estimate of drug-likeness (QED) is 0.718. The summed E-state index contributed by atoms with van der Waals surface area (Å²) < 4.78 is 0. The summed E-state index contributed by atoms with van der Waals surface area (Å²) in [5, 5.41) is 3.42. The van der Waals surface area contributed by atoms with Gasteiger partial charge in [0.1, 0.15) is 0 Å². The van der Waals surface area contributed by atoms with Crippen LogP contribution < -0.4 is 11.0 Å². The summed E-state index contributed by atoms with van der Waals surface area (Å²) in [6, 6.07) is 6.36. The van der Waals surface area contributed by atoms with Crippen LogP contribution in [0.5, 0.6) is 0 Å². The molecular formula is C14H17N3O. The summed E-state index contributed by atoms with van der Waals surface area (Å²) in [6.45, 7) is 4.14. The number of terminal acetylenes is 1. The van der Waals surface area contributed by atoms with Crippen LogP contribution >= 0.6 is 0 Å². The zero-order valence-corrected chi connectivity index (χ0v) is 10.6. The first-order chi connectivity index (χ1) is 8.60. The van der Waals surface area contributed by atoms with Gasteiger partial charge in [0, 0.05) is 18.5 Å². The third kappa shape index (κ3) is 2.63. The van der Waals surface area contributed by atoms with E-state index in [1.54, 1.807) is 0 Å². The van der Waals surface area contributed by atoms with Crippen molar-refractivity contribution in [3.63, 3.8) is 0 Å². The molecule has 1 aromatic carbocycles. The molecule has 18 heavy (non-hydrogen) atoms. The van der Waals surface area contributed by atoms with E-state index >= 15 is 0 Å². The van der Waals surface area contributed by atoms with Gasteiger partial charge in [0.25, 0.3) is 0 Å². The molecule has 0 aliphatic rings. The smallest absolute Gasteiger partial charge is 0.307 e. The van der Waals surface area contributed by atoms with Crippen molar-refractivity contribution in [3.05, 3.63) is 34.2 Å². The molecule has 4 heteroatoms. The molecule has 0 saturated heterocycles. The standard InChI is InChI=1S/C14H17N3O/c1-4-5-9(2)15-10(3)11-6-7-12-13(8-11)17-14(18)16-12/h1,6-10,15H,5H2,2-3H3,(H2,16,17,18). The number of imidazole rings is 1. The molecule has 0 spiro atoms. The second-order valence-corrected chi connectivity index (χ2v) is 4.58. The van der Waals surface area contributed by atoms with Crippen LogP contribution in [-0.2, 0) is 0 Å². The number of hydrogen-bond acceptors (Lipinski definition) is 2. The highest BCUT2D eigenvalue weighted by atomic mass is 16.1. The Bertz CT molecular complexity index is 632. The number of aromatic nitrogens is 2. The Hall–Kier alpha value is -1.99. The van der Waals surface area contributed by atoms with Gasteiger partial charge in [-0.25, -0.2) is 4.79 Å². The third-order valence-corrected chi connectivity index (χ3v) is 3.00. The predicted molar refractivity (Wildman–Crippen MR) is 73.4 cm³/mol. The fourth-order valence-electron chi connectivity index (χ4n) is 2.08. The Labute approximate surface area is 106 Å². The van der Waals surface area contributed by atoms with Gasteiger partial charge in [-0.2, -0.15) is 0 Å². The molecule has 0 aliphatic carbocycles. The maximum Gasteiger partial charge on any atom is 0.323 e. The lowest BCUT2D eigenvalue weighted by Gasteiger charge is -2.18. The molecule has 0 aliphatic heterocycles. The van der Waals surface area contributed by atoms with Crippen LogP contribution in [0, 0.1) is 12.3 Å². The molecule has 3 N–H and O–H groups in total. The monoisotopic (exact) mass is 243 g/mol. The minimum atomic E-state index is -0.177. The van der Waals surface area contributed by atoms with Crippen LogP contribution in [0.15, 0.2) is 23.0 Å². The highest BCUT2D eigenvalue weighted by molar-refractivity contribution is 5.75. The normalized spacial score (nSPS) is 14.3. The van der Waals surface area contributed by atoms with Crippen LogP contribution in [0.1, 0.15) is 31.9 Å². The molecule has 0 amide bonds. The highest BCUT2D eigenvalue weighted by Gasteiger charge is 2.09. The fourth-order valence-corrected chi connectivity index (χ4v) is 2.08. The number of rotatable bonds is 4. The van der Waals surface area contributed by atoms with E-state index in [-0.39, 0.29) is 17.8 Å². The van der Waals surface area contributed by atoms with Crippen molar-refractivity contribution in [2.24, 2.45) is 0 Å². The molecule has 1 heterocycles. The Morgan fingerprint density at radius 3 is 2.78 bits per heavy atom. The van der Waals surface area contributed by atoms with Crippen molar-refractivity contribution < 1.29 is 0 Å². The summed E-state index contributed by atoms with van der Waals surface area (Å²) >= 11 is 0. The minimum Gasteiger partial charge on any atom is -0.307 e. The van der Waals surface area contributed by atoms with E-state index in [0.29, 0.717) is 6.42 Å². The first-order valence-corrected chi connectivity index (χ1v) is 6.01. The van der Waals surface area contributed by atoms with Crippen LogP contribution in [0.25, 0.3) is 11.0 Å². The van der Waals surface area contributed by atoms with Gasteiger partial charge in [0.2, 0.25) is 0 Å². The Morgan fingerprint density at radius 2 is 2.06 bits per heavy atom. The molecule has 94 valence electrons. The average Bonchev–Trinajstić information content (AvgIpc) is 2.68. The second-order valence-electron chi connectivity index (χ2n) is 4.58. The molecule has 4 nitrogen and oxygen atoms in total. The van der Waals surface area contributed by atoms with Gasteiger partial charge in [-0.15, -0.1) is 12.3 Å². The Kier molecular flexibility index (Phi) is 3.54. The zero-order chi connectivity index (χ0) is 13.1. The number of fused-ring (bicyclic) bond motifs is 1. The molecule has 1 aromatic heterocycles. The van der Waals surface area contributed by atoms with Crippen LogP contribution in [0.3, 0.4) is 0 Å². The van der Waals surface area contributed by atoms with E-state index in [9.17, 15) is 4.79 Å².